The van der Waals surface area contributed by atoms with E-state index < -0.39 is 17.1 Å². The van der Waals surface area contributed by atoms with Crippen molar-refractivity contribution in [3.8, 4) is 11.8 Å². The van der Waals surface area contributed by atoms with Crippen molar-refractivity contribution in [3.63, 3.8) is 0 Å². The van der Waals surface area contributed by atoms with Gasteiger partial charge < -0.3 is 0 Å². The monoisotopic (exact) mass is 265 g/mol. The highest BCUT2D eigenvalue weighted by atomic mass is 35.5. The summed E-state index contributed by atoms with van der Waals surface area (Å²) >= 11 is 5.59. The Morgan fingerprint density at radius 1 is 1.39 bits per heavy atom. The zero-order chi connectivity index (χ0) is 13.3. The van der Waals surface area contributed by atoms with Gasteiger partial charge in [0.2, 0.25) is 0 Å². The SMILES string of the molecule is N#Cc1cn(-c2ccc(Cl)cc2F)c(=O)[nH]c1=O. The molecule has 2 rings (SSSR count). The molecule has 7 heteroatoms. The summed E-state index contributed by atoms with van der Waals surface area (Å²) in [6.45, 7) is 0. The van der Waals surface area contributed by atoms with E-state index in [1.807, 2.05) is 4.98 Å². The maximum absolute atomic E-state index is 13.6. The van der Waals surface area contributed by atoms with Crippen LogP contribution < -0.4 is 11.2 Å². The second-order valence-electron chi connectivity index (χ2n) is 3.38. The van der Waals surface area contributed by atoms with Gasteiger partial charge in [0, 0.05) is 11.2 Å². The van der Waals surface area contributed by atoms with Gasteiger partial charge in [-0.1, -0.05) is 11.6 Å². The highest BCUT2D eigenvalue weighted by Gasteiger charge is 2.10. The number of hydrogen-bond acceptors (Lipinski definition) is 3. The van der Waals surface area contributed by atoms with E-state index in [-0.39, 0.29) is 16.3 Å². The summed E-state index contributed by atoms with van der Waals surface area (Å²) in [5.74, 6) is -0.736. The molecule has 2 aromatic rings. The van der Waals surface area contributed by atoms with E-state index in [0.29, 0.717) is 0 Å². The van der Waals surface area contributed by atoms with Crippen molar-refractivity contribution in [1.82, 2.24) is 9.55 Å². The number of H-pyrrole nitrogens is 1. The van der Waals surface area contributed by atoms with Crippen LogP contribution in [0.4, 0.5) is 4.39 Å². The van der Waals surface area contributed by atoms with Gasteiger partial charge in [-0.05, 0) is 18.2 Å². The smallest absolute Gasteiger partial charge is 0.273 e. The van der Waals surface area contributed by atoms with E-state index in [9.17, 15) is 14.0 Å². The van der Waals surface area contributed by atoms with Crippen LogP contribution >= 0.6 is 11.6 Å². The second kappa shape index (κ2) is 4.47. The molecule has 0 fully saturated rings. The lowest BCUT2D eigenvalue weighted by atomic mass is 10.3. The summed E-state index contributed by atoms with van der Waals surface area (Å²) in [5, 5.41) is 8.87. The van der Waals surface area contributed by atoms with Crippen molar-refractivity contribution >= 4 is 11.6 Å². The van der Waals surface area contributed by atoms with Gasteiger partial charge in [-0.25, -0.2) is 9.18 Å². The molecule has 0 bridgehead atoms. The number of aromatic amines is 1. The van der Waals surface area contributed by atoms with Gasteiger partial charge in [0.05, 0.1) is 5.69 Å². The molecule has 18 heavy (non-hydrogen) atoms. The van der Waals surface area contributed by atoms with Crippen LogP contribution in [0.25, 0.3) is 5.69 Å². The topological polar surface area (TPSA) is 78.7 Å². The summed E-state index contributed by atoms with van der Waals surface area (Å²) in [5.41, 5.74) is -2.03. The molecule has 0 saturated carbocycles. The van der Waals surface area contributed by atoms with Crippen LogP contribution in [0.15, 0.2) is 34.0 Å². The normalized spacial score (nSPS) is 10.1. The van der Waals surface area contributed by atoms with E-state index in [2.05, 4.69) is 0 Å². The number of halogens is 2. The number of nitrogens with zero attached hydrogens (tertiary/aromatic N) is 2. The van der Waals surface area contributed by atoms with E-state index in [0.717, 1.165) is 16.8 Å². The molecule has 1 aromatic heterocycles. The average molecular weight is 266 g/mol. The number of nitriles is 1. The van der Waals surface area contributed by atoms with Crippen molar-refractivity contribution in [3.05, 3.63) is 61.6 Å². The first-order valence-corrected chi connectivity index (χ1v) is 5.12. The van der Waals surface area contributed by atoms with Gasteiger partial charge in [-0.15, -0.1) is 0 Å². The Labute approximate surface area is 105 Å². The third-order valence-electron chi connectivity index (χ3n) is 2.23. The fourth-order valence-electron chi connectivity index (χ4n) is 1.41. The molecule has 5 nitrogen and oxygen atoms in total. The minimum atomic E-state index is -0.833. The fourth-order valence-corrected chi connectivity index (χ4v) is 1.57. The van der Waals surface area contributed by atoms with Gasteiger partial charge in [0.1, 0.15) is 17.4 Å². The minimum absolute atomic E-state index is 0.0999. The molecule has 0 aliphatic carbocycles. The maximum Gasteiger partial charge on any atom is 0.333 e. The number of aromatic nitrogens is 2. The van der Waals surface area contributed by atoms with Crippen molar-refractivity contribution in [1.29, 1.82) is 5.26 Å². The zero-order valence-corrected chi connectivity index (χ0v) is 9.53. The average Bonchev–Trinajstić information content (AvgIpc) is 2.30. The summed E-state index contributed by atoms with van der Waals surface area (Å²) in [4.78, 5) is 24.7. The fraction of sp³-hybridized carbons (Fsp3) is 0. The number of hydrogen-bond donors (Lipinski definition) is 1. The molecule has 0 radical (unpaired) electrons. The Morgan fingerprint density at radius 2 is 2.11 bits per heavy atom. The van der Waals surface area contributed by atoms with Gasteiger partial charge in [0.25, 0.3) is 5.56 Å². The van der Waals surface area contributed by atoms with Crippen LogP contribution in [-0.2, 0) is 0 Å². The maximum atomic E-state index is 13.6. The van der Waals surface area contributed by atoms with Gasteiger partial charge in [-0.2, -0.15) is 5.26 Å². The zero-order valence-electron chi connectivity index (χ0n) is 8.78. The summed E-state index contributed by atoms with van der Waals surface area (Å²) in [6.07, 6.45) is 0.980. The number of rotatable bonds is 1. The second-order valence-corrected chi connectivity index (χ2v) is 3.82. The van der Waals surface area contributed by atoms with Crippen molar-refractivity contribution in [2.75, 3.05) is 0 Å². The molecule has 0 spiro atoms. The van der Waals surface area contributed by atoms with E-state index in [1.165, 1.54) is 12.1 Å². The molecular formula is C11H5ClFN3O2. The third-order valence-corrected chi connectivity index (χ3v) is 2.47. The Morgan fingerprint density at radius 3 is 2.72 bits per heavy atom. The van der Waals surface area contributed by atoms with Gasteiger partial charge in [0.15, 0.2) is 0 Å². The molecule has 0 unspecified atom stereocenters. The molecule has 0 aliphatic heterocycles. The summed E-state index contributed by atoms with van der Waals surface area (Å²) in [7, 11) is 0. The van der Waals surface area contributed by atoms with E-state index >= 15 is 0 Å². The van der Waals surface area contributed by atoms with Crippen LogP contribution in [0.1, 0.15) is 5.56 Å². The highest BCUT2D eigenvalue weighted by Crippen LogP contribution is 2.16. The summed E-state index contributed by atoms with van der Waals surface area (Å²) in [6, 6.07) is 5.31. The van der Waals surface area contributed by atoms with Crippen LogP contribution in [0.5, 0.6) is 0 Å². The Balaban J connectivity index is 2.76. The molecule has 0 atom stereocenters. The van der Waals surface area contributed by atoms with Crippen LogP contribution in [0.3, 0.4) is 0 Å². The molecular weight excluding hydrogens is 261 g/mol. The lowest BCUT2D eigenvalue weighted by Crippen LogP contribution is -2.30. The number of nitrogens with one attached hydrogen (secondary N) is 1. The third kappa shape index (κ3) is 2.04. The van der Waals surface area contributed by atoms with Crippen molar-refractivity contribution in [2.45, 2.75) is 0 Å². The van der Waals surface area contributed by atoms with Crippen molar-refractivity contribution in [2.24, 2.45) is 0 Å². The Hall–Kier alpha value is -2.39. The molecule has 0 saturated heterocycles. The first-order chi connectivity index (χ1) is 8.52. The van der Waals surface area contributed by atoms with Crippen LogP contribution in [-0.4, -0.2) is 9.55 Å². The molecule has 0 amide bonds. The van der Waals surface area contributed by atoms with Crippen LogP contribution in [0.2, 0.25) is 5.02 Å². The Bertz CT molecular complexity index is 773. The summed E-state index contributed by atoms with van der Waals surface area (Å²) < 4.78 is 14.5. The van der Waals surface area contributed by atoms with Gasteiger partial charge >= 0.3 is 5.69 Å². The lowest BCUT2D eigenvalue weighted by molar-refractivity contribution is 0.614. The standard InChI is InChI=1S/C11H5ClFN3O2/c12-7-1-2-9(8(13)3-7)16-5-6(4-14)10(17)15-11(16)18/h1-3,5H,(H,15,17,18). The largest absolute Gasteiger partial charge is 0.333 e. The van der Waals surface area contributed by atoms with E-state index in [4.69, 9.17) is 16.9 Å². The first-order valence-electron chi connectivity index (χ1n) is 4.74. The predicted octanol–water partition coefficient (Wildman–Crippen LogP) is 1.19. The highest BCUT2D eigenvalue weighted by molar-refractivity contribution is 6.30. The number of benzene rings is 1. The van der Waals surface area contributed by atoms with E-state index in [1.54, 1.807) is 6.07 Å². The van der Waals surface area contributed by atoms with Crippen LogP contribution in [0, 0.1) is 17.1 Å². The quantitative estimate of drug-likeness (QED) is 0.841. The molecule has 90 valence electrons. The molecule has 1 N–H and O–H groups in total. The van der Waals surface area contributed by atoms with Gasteiger partial charge in [-0.3, -0.25) is 14.3 Å². The lowest BCUT2D eigenvalue weighted by Gasteiger charge is -2.06. The van der Waals surface area contributed by atoms with Crippen molar-refractivity contribution < 1.29 is 4.39 Å². The predicted molar refractivity (Wildman–Crippen MR) is 62.3 cm³/mol. The molecule has 1 heterocycles. The first kappa shape index (κ1) is 12.1. The Kier molecular flexibility index (Phi) is 3.00. The minimum Gasteiger partial charge on any atom is -0.273 e. The molecule has 1 aromatic carbocycles. The molecule has 0 aliphatic rings.